The summed E-state index contributed by atoms with van der Waals surface area (Å²) in [5.41, 5.74) is 0.259. The Bertz CT molecular complexity index is 352. The molecule has 2 rings (SSSR count). The largest absolute Gasteiger partial charge is 0.480 e. The molecule has 1 aliphatic heterocycles. The van der Waals surface area contributed by atoms with Crippen LogP contribution in [0.2, 0.25) is 0 Å². The van der Waals surface area contributed by atoms with Crippen LogP contribution in [0.5, 0.6) is 0 Å². The second kappa shape index (κ2) is 5.25. The molecule has 1 atom stereocenters. The first kappa shape index (κ1) is 13.3. The van der Waals surface area contributed by atoms with Gasteiger partial charge >= 0.3 is 5.97 Å². The molecule has 0 radical (unpaired) electrons. The lowest BCUT2D eigenvalue weighted by Gasteiger charge is -2.37. The summed E-state index contributed by atoms with van der Waals surface area (Å²) in [5, 5.41) is 17.8. The van der Waals surface area contributed by atoms with Crippen LogP contribution in [0.1, 0.15) is 26.2 Å². The van der Waals surface area contributed by atoms with E-state index in [-0.39, 0.29) is 11.5 Å². The Morgan fingerprint density at radius 1 is 1.39 bits per heavy atom. The van der Waals surface area contributed by atoms with Crippen molar-refractivity contribution in [3.8, 4) is 6.07 Å². The van der Waals surface area contributed by atoms with Gasteiger partial charge in [0.25, 0.3) is 0 Å². The summed E-state index contributed by atoms with van der Waals surface area (Å²) in [4.78, 5) is 15.3. The summed E-state index contributed by atoms with van der Waals surface area (Å²) >= 11 is 0. The number of piperazine rings is 1. The number of nitriles is 1. The van der Waals surface area contributed by atoms with Crippen molar-refractivity contribution < 1.29 is 9.90 Å². The third-order valence-electron chi connectivity index (χ3n) is 4.28. The predicted molar refractivity (Wildman–Crippen MR) is 67.0 cm³/mol. The van der Waals surface area contributed by atoms with Crippen molar-refractivity contribution in [2.24, 2.45) is 5.41 Å². The number of hydrogen-bond acceptors (Lipinski definition) is 4. The van der Waals surface area contributed by atoms with Crippen molar-refractivity contribution in [1.82, 2.24) is 9.80 Å². The van der Waals surface area contributed by atoms with Crippen LogP contribution in [0.15, 0.2) is 0 Å². The standard InChI is InChI=1S/C13H21N3O2/c1-11(12(17)18)16-8-6-15(7-9-16)10-13(2-3-13)4-5-14/h11H,2-4,6-10H2,1H3,(H,17,18). The molecule has 1 N–H and O–H groups in total. The van der Waals surface area contributed by atoms with Crippen LogP contribution in [0.4, 0.5) is 0 Å². The molecule has 0 bridgehead atoms. The van der Waals surface area contributed by atoms with Crippen LogP contribution >= 0.6 is 0 Å². The lowest BCUT2D eigenvalue weighted by Crippen LogP contribution is -2.52. The van der Waals surface area contributed by atoms with E-state index in [4.69, 9.17) is 10.4 Å². The molecule has 0 spiro atoms. The van der Waals surface area contributed by atoms with Crippen molar-refractivity contribution in [1.29, 1.82) is 5.26 Å². The first-order chi connectivity index (χ1) is 8.56. The van der Waals surface area contributed by atoms with Crippen LogP contribution in [0, 0.1) is 16.7 Å². The van der Waals surface area contributed by atoms with Gasteiger partial charge in [0.1, 0.15) is 6.04 Å². The average Bonchev–Trinajstić information content (AvgIpc) is 3.09. The highest BCUT2D eigenvalue weighted by Crippen LogP contribution is 2.49. The van der Waals surface area contributed by atoms with E-state index in [9.17, 15) is 4.79 Å². The fraction of sp³-hybridized carbons (Fsp3) is 0.846. The second-order valence-corrected chi connectivity index (χ2v) is 5.66. The van der Waals surface area contributed by atoms with Gasteiger partial charge in [-0.2, -0.15) is 5.26 Å². The molecule has 0 aromatic heterocycles. The molecule has 5 nitrogen and oxygen atoms in total. The molecule has 1 saturated heterocycles. The van der Waals surface area contributed by atoms with E-state index in [0.717, 1.165) is 32.7 Å². The quantitative estimate of drug-likeness (QED) is 0.781. The van der Waals surface area contributed by atoms with Gasteiger partial charge in [-0.1, -0.05) is 0 Å². The van der Waals surface area contributed by atoms with Gasteiger partial charge in [0.05, 0.1) is 6.07 Å². The van der Waals surface area contributed by atoms with E-state index in [1.807, 2.05) is 4.90 Å². The number of nitrogens with zero attached hydrogens (tertiary/aromatic N) is 3. The fourth-order valence-corrected chi connectivity index (χ4v) is 2.67. The minimum absolute atomic E-state index is 0.259. The molecule has 1 heterocycles. The number of hydrogen-bond donors (Lipinski definition) is 1. The summed E-state index contributed by atoms with van der Waals surface area (Å²) < 4.78 is 0. The lowest BCUT2D eigenvalue weighted by atomic mass is 10.0. The Labute approximate surface area is 108 Å². The van der Waals surface area contributed by atoms with Crippen molar-refractivity contribution in [2.75, 3.05) is 32.7 Å². The first-order valence-corrected chi connectivity index (χ1v) is 6.62. The third-order valence-corrected chi connectivity index (χ3v) is 4.28. The van der Waals surface area contributed by atoms with Crippen molar-refractivity contribution in [3.63, 3.8) is 0 Å². The SMILES string of the molecule is CC(C(=O)O)N1CCN(CC2(CC#N)CC2)CC1. The van der Waals surface area contributed by atoms with Crippen molar-refractivity contribution >= 4 is 5.97 Å². The van der Waals surface area contributed by atoms with Crippen LogP contribution in [0.25, 0.3) is 0 Å². The molecule has 5 heteroatoms. The molecule has 0 aromatic carbocycles. The Morgan fingerprint density at radius 2 is 2.00 bits per heavy atom. The summed E-state index contributed by atoms with van der Waals surface area (Å²) in [6.45, 7) is 6.23. The third kappa shape index (κ3) is 3.01. The van der Waals surface area contributed by atoms with E-state index < -0.39 is 5.97 Å². The Hall–Kier alpha value is -1.12. The first-order valence-electron chi connectivity index (χ1n) is 6.62. The molecule has 2 aliphatic rings. The monoisotopic (exact) mass is 251 g/mol. The number of carbonyl (C=O) groups is 1. The molecule has 1 unspecified atom stereocenters. The molecule has 0 aromatic rings. The molecule has 0 amide bonds. The predicted octanol–water partition coefficient (Wildman–Crippen LogP) is 0.771. The highest BCUT2D eigenvalue weighted by atomic mass is 16.4. The minimum Gasteiger partial charge on any atom is -0.480 e. The summed E-state index contributed by atoms with van der Waals surface area (Å²) in [6, 6.07) is 1.90. The zero-order chi connectivity index (χ0) is 13.2. The van der Waals surface area contributed by atoms with Gasteiger partial charge in [0.15, 0.2) is 0 Å². The Balaban J connectivity index is 1.77. The van der Waals surface area contributed by atoms with E-state index in [0.29, 0.717) is 6.42 Å². The fourth-order valence-electron chi connectivity index (χ4n) is 2.67. The van der Waals surface area contributed by atoms with Gasteiger partial charge in [-0.3, -0.25) is 9.69 Å². The second-order valence-electron chi connectivity index (χ2n) is 5.66. The minimum atomic E-state index is -0.744. The van der Waals surface area contributed by atoms with Gasteiger partial charge in [-0.25, -0.2) is 0 Å². The van der Waals surface area contributed by atoms with E-state index >= 15 is 0 Å². The van der Waals surface area contributed by atoms with E-state index in [1.54, 1.807) is 6.92 Å². The summed E-state index contributed by atoms with van der Waals surface area (Å²) in [6.07, 6.45) is 3.01. The molecular weight excluding hydrogens is 230 g/mol. The lowest BCUT2D eigenvalue weighted by molar-refractivity contribution is -0.143. The zero-order valence-electron chi connectivity index (χ0n) is 10.9. The molecule has 18 heavy (non-hydrogen) atoms. The average molecular weight is 251 g/mol. The van der Waals surface area contributed by atoms with Gasteiger partial charge in [0.2, 0.25) is 0 Å². The van der Waals surface area contributed by atoms with E-state index in [1.165, 1.54) is 12.8 Å². The zero-order valence-corrected chi connectivity index (χ0v) is 10.9. The number of aliphatic carboxylic acids is 1. The molecule has 1 saturated carbocycles. The van der Waals surface area contributed by atoms with Gasteiger partial charge in [-0.15, -0.1) is 0 Å². The van der Waals surface area contributed by atoms with Crippen LogP contribution in [-0.4, -0.2) is 59.6 Å². The molecular formula is C13H21N3O2. The normalized spacial score (nSPS) is 25.3. The van der Waals surface area contributed by atoms with Gasteiger partial charge in [0, 0.05) is 39.1 Å². The number of rotatable bonds is 5. The van der Waals surface area contributed by atoms with Crippen LogP contribution < -0.4 is 0 Å². The maximum atomic E-state index is 10.9. The smallest absolute Gasteiger partial charge is 0.320 e. The Kier molecular flexibility index (Phi) is 3.88. The van der Waals surface area contributed by atoms with Crippen molar-refractivity contribution in [3.05, 3.63) is 0 Å². The summed E-state index contributed by atoms with van der Waals surface area (Å²) in [7, 11) is 0. The molecule has 2 fully saturated rings. The number of carboxylic acids is 1. The van der Waals surface area contributed by atoms with Gasteiger partial charge in [-0.05, 0) is 25.2 Å². The maximum Gasteiger partial charge on any atom is 0.320 e. The Morgan fingerprint density at radius 3 is 2.44 bits per heavy atom. The van der Waals surface area contributed by atoms with Crippen LogP contribution in [0.3, 0.4) is 0 Å². The molecule has 1 aliphatic carbocycles. The summed E-state index contributed by atoms with van der Waals surface area (Å²) in [5.74, 6) is -0.744. The molecule has 100 valence electrons. The van der Waals surface area contributed by atoms with Gasteiger partial charge < -0.3 is 10.0 Å². The van der Waals surface area contributed by atoms with Crippen molar-refractivity contribution in [2.45, 2.75) is 32.2 Å². The topological polar surface area (TPSA) is 67.6 Å². The number of carboxylic acid groups (broad SMARTS) is 1. The highest BCUT2D eigenvalue weighted by Gasteiger charge is 2.44. The van der Waals surface area contributed by atoms with Crippen LogP contribution in [-0.2, 0) is 4.79 Å². The highest BCUT2D eigenvalue weighted by molar-refractivity contribution is 5.72. The maximum absolute atomic E-state index is 10.9. The van der Waals surface area contributed by atoms with E-state index in [2.05, 4.69) is 11.0 Å².